The highest BCUT2D eigenvalue weighted by molar-refractivity contribution is 5.80. The first-order valence-corrected chi connectivity index (χ1v) is 10.6. The molecule has 174 valence electrons. The molecule has 0 unspecified atom stereocenters. The van der Waals surface area contributed by atoms with Crippen LogP contribution in [0.25, 0.3) is 28.7 Å². The molecule has 2 heterocycles. The first-order valence-electron chi connectivity index (χ1n) is 10.6. The SMILES string of the molecule is CC(C)(C)c1nc(-c2ccc(F)cc2)c(-c2ccncc2)n1/C=C/[C@H](O)C[C@H](O)CC(=O)O. The van der Waals surface area contributed by atoms with Crippen molar-refractivity contribution in [2.24, 2.45) is 0 Å². The first-order chi connectivity index (χ1) is 15.6. The molecule has 0 aliphatic rings. The van der Waals surface area contributed by atoms with Crippen molar-refractivity contribution in [2.75, 3.05) is 0 Å². The number of aliphatic carboxylic acids is 1. The number of aliphatic hydroxyl groups excluding tert-OH is 2. The largest absolute Gasteiger partial charge is 0.481 e. The second kappa shape index (κ2) is 10.1. The number of imidazole rings is 1. The van der Waals surface area contributed by atoms with Gasteiger partial charge < -0.3 is 19.9 Å². The Hall–Kier alpha value is -3.36. The number of carboxylic acids is 1. The standard InChI is InChI=1S/C25H28FN3O4/c1-25(2,3)24-28-22(16-4-6-18(26)7-5-16)23(17-8-11-27-12-9-17)29(24)13-10-19(30)14-20(31)15-21(32)33/h4-13,19-20,30-31H,14-15H2,1-3H3,(H,32,33)/b13-10+/t19-,20-/m0/s1. The summed E-state index contributed by atoms with van der Waals surface area (Å²) in [6, 6.07) is 9.78. The molecule has 0 bridgehead atoms. The van der Waals surface area contributed by atoms with E-state index < -0.39 is 24.6 Å². The highest BCUT2D eigenvalue weighted by Gasteiger charge is 2.27. The van der Waals surface area contributed by atoms with Gasteiger partial charge in [0.1, 0.15) is 11.6 Å². The third-order valence-corrected chi connectivity index (χ3v) is 5.03. The third-order valence-electron chi connectivity index (χ3n) is 5.03. The van der Waals surface area contributed by atoms with E-state index in [9.17, 15) is 19.4 Å². The van der Waals surface area contributed by atoms with E-state index in [2.05, 4.69) is 4.98 Å². The van der Waals surface area contributed by atoms with Gasteiger partial charge in [0.25, 0.3) is 0 Å². The summed E-state index contributed by atoms with van der Waals surface area (Å²) in [6.45, 7) is 6.03. The Labute approximate surface area is 191 Å². The van der Waals surface area contributed by atoms with Crippen LogP contribution in [-0.2, 0) is 10.2 Å². The molecule has 1 aromatic carbocycles. The van der Waals surface area contributed by atoms with Gasteiger partial charge in [-0.3, -0.25) is 9.78 Å². The van der Waals surface area contributed by atoms with E-state index in [0.717, 1.165) is 16.8 Å². The summed E-state index contributed by atoms with van der Waals surface area (Å²) in [5.74, 6) is -0.766. The van der Waals surface area contributed by atoms with Crippen LogP contribution in [0.15, 0.2) is 54.9 Å². The van der Waals surface area contributed by atoms with Crippen LogP contribution in [0.1, 0.15) is 39.4 Å². The molecule has 2 atom stereocenters. The van der Waals surface area contributed by atoms with Crippen LogP contribution < -0.4 is 0 Å². The van der Waals surface area contributed by atoms with Gasteiger partial charge in [0.15, 0.2) is 0 Å². The fourth-order valence-corrected chi connectivity index (χ4v) is 3.53. The minimum atomic E-state index is -1.17. The number of aromatic nitrogens is 3. The molecule has 3 rings (SSSR count). The average Bonchev–Trinajstić information content (AvgIpc) is 3.13. The summed E-state index contributed by atoms with van der Waals surface area (Å²) in [4.78, 5) is 19.8. The molecule has 7 nitrogen and oxygen atoms in total. The molecule has 0 saturated heterocycles. The molecule has 3 aromatic rings. The van der Waals surface area contributed by atoms with Crippen molar-refractivity contribution in [3.8, 4) is 22.5 Å². The maximum atomic E-state index is 13.6. The number of rotatable bonds is 8. The quantitative estimate of drug-likeness (QED) is 0.474. The van der Waals surface area contributed by atoms with E-state index in [4.69, 9.17) is 10.1 Å². The monoisotopic (exact) mass is 453 g/mol. The van der Waals surface area contributed by atoms with Crippen LogP contribution >= 0.6 is 0 Å². The molecule has 0 amide bonds. The molecule has 8 heteroatoms. The Morgan fingerprint density at radius 1 is 1.09 bits per heavy atom. The molecule has 0 saturated carbocycles. The van der Waals surface area contributed by atoms with Crippen LogP contribution in [0.2, 0.25) is 0 Å². The maximum Gasteiger partial charge on any atom is 0.305 e. The van der Waals surface area contributed by atoms with Crippen LogP contribution in [0.4, 0.5) is 4.39 Å². The molecular weight excluding hydrogens is 425 g/mol. The van der Waals surface area contributed by atoms with Crippen molar-refractivity contribution in [2.45, 2.75) is 51.2 Å². The minimum absolute atomic E-state index is 0.113. The predicted molar refractivity (Wildman–Crippen MR) is 124 cm³/mol. The molecule has 0 spiro atoms. The fourth-order valence-electron chi connectivity index (χ4n) is 3.53. The maximum absolute atomic E-state index is 13.6. The Balaban J connectivity index is 2.12. The zero-order valence-corrected chi connectivity index (χ0v) is 18.8. The highest BCUT2D eigenvalue weighted by atomic mass is 19.1. The fraction of sp³-hybridized carbons (Fsp3) is 0.320. The van der Waals surface area contributed by atoms with Crippen LogP contribution in [0, 0.1) is 5.82 Å². The van der Waals surface area contributed by atoms with Crippen molar-refractivity contribution in [1.29, 1.82) is 0 Å². The van der Waals surface area contributed by atoms with Crippen molar-refractivity contribution in [3.05, 3.63) is 66.5 Å². The number of hydrogen-bond acceptors (Lipinski definition) is 5. The Morgan fingerprint density at radius 2 is 1.73 bits per heavy atom. The van der Waals surface area contributed by atoms with E-state index in [1.165, 1.54) is 18.2 Å². The molecule has 0 radical (unpaired) electrons. The second-order valence-electron chi connectivity index (χ2n) is 8.89. The van der Waals surface area contributed by atoms with Crippen LogP contribution in [0.5, 0.6) is 0 Å². The Bertz CT molecular complexity index is 1120. The zero-order valence-electron chi connectivity index (χ0n) is 18.8. The Morgan fingerprint density at radius 3 is 2.30 bits per heavy atom. The second-order valence-corrected chi connectivity index (χ2v) is 8.89. The lowest BCUT2D eigenvalue weighted by molar-refractivity contribution is -0.139. The number of aliphatic hydroxyl groups is 2. The van der Waals surface area contributed by atoms with E-state index in [0.29, 0.717) is 11.5 Å². The average molecular weight is 454 g/mol. The summed E-state index contributed by atoms with van der Waals surface area (Å²) < 4.78 is 15.4. The van der Waals surface area contributed by atoms with Gasteiger partial charge in [-0.25, -0.2) is 9.37 Å². The third kappa shape index (κ3) is 6.12. The molecular formula is C25H28FN3O4. The lowest BCUT2D eigenvalue weighted by atomic mass is 9.95. The number of hydrogen-bond donors (Lipinski definition) is 3. The van der Waals surface area contributed by atoms with Crippen LogP contribution in [-0.4, -0.2) is 48.0 Å². The Kier molecular flexibility index (Phi) is 7.40. The molecule has 33 heavy (non-hydrogen) atoms. The summed E-state index contributed by atoms with van der Waals surface area (Å²) in [6.07, 6.45) is 3.72. The van der Waals surface area contributed by atoms with Gasteiger partial charge in [-0.2, -0.15) is 0 Å². The minimum Gasteiger partial charge on any atom is -0.481 e. The van der Waals surface area contributed by atoms with Gasteiger partial charge in [-0.05, 0) is 42.5 Å². The summed E-state index contributed by atoms with van der Waals surface area (Å²) in [7, 11) is 0. The smallest absolute Gasteiger partial charge is 0.305 e. The topological polar surface area (TPSA) is 108 Å². The molecule has 0 aliphatic carbocycles. The van der Waals surface area contributed by atoms with E-state index >= 15 is 0 Å². The lowest BCUT2D eigenvalue weighted by Gasteiger charge is -2.19. The van der Waals surface area contributed by atoms with Gasteiger partial charge in [-0.1, -0.05) is 20.8 Å². The van der Waals surface area contributed by atoms with Gasteiger partial charge in [0.2, 0.25) is 0 Å². The molecule has 0 fully saturated rings. The number of benzene rings is 1. The van der Waals surface area contributed by atoms with Gasteiger partial charge in [0, 0.05) is 41.6 Å². The van der Waals surface area contributed by atoms with Gasteiger partial charge in [0.05, 0.1) is 30.0 Å². The normalized spacial score (nSPS) is 13.9. The van der Waals surface area contributed by atoms with E-state index in [-0.39, 0.29) is 17.7 Å². The molecule has 3 N–H and O–H groups in total. The van der Waals surface area contributed by atoms with Gasteiger partial charge in [-0.15, -0.1) is 0 Å². The summed E-state index contributed by atoms with van der Waals surface area (Å²) in [5.41, 5.74) is 2.58. The zero-order chi connectivity index (χ0) is 24.2. The first kappa shape index (κ1) is 24.3. The summed E-state index contributed by atoms with van der Waals surface area (Å²) >= 11 is 0. The molecule has 2 aromatic heterocycles. The summed E-state index contributed by atoms with van der Waals surface area (Å²) in [5, 5.41) is 29.0. The van der Waals surface area contributed by atoms with Crippen molar-refractivity contribution in [1.82, 2.24) is 14.5 Å². The number of carboxylic acid groups (broad SMARTS) is 1. The number of halogens is 1. The van der Waals surface area contributed by atoms with E-state index in [1.807, 2.05) is 37.5 Å². The number of pyridine rings is 1. The van der Waals surface area contributed by atoms with Crippen LogP contribution in [0.3, 0.4) is 0 Å². The van der Waals surface area contributed by atoms with Gasteiger partial charge >= 0.3 is 5.97 Å². The van der Waals surface area contributed by atoms with E-state index in [1.54, 1.807) is 30.7 Å². The highest BCUT2D eigenvalue weighted by Crippen LogP contribution is 2.36. The number of nitrogens with zero attached hydrogens (tertiary/aromatic N) is 3. The lowest BCUT2D eigenvalue weighted by Crippen LogP contribution is -2.20. The van der Waals surface area contributed by atoms with Crippen molar-refractivity contribution >= 4 is 12.2 Å². The molecule has 0 aliphatic heterocycles. The van der Waals surface area contributed by atoms with Crippen molar-refractivity contribution < 1.29 is 24.5 Å². The predicted octanol–water partition coefficient (Wildman–Crippen LogP) is 4.11. The van der Waals surface area contributed by atoms with Crippen molar-refractivity contribution in [3.63, 3.8) is 0 Å². The number of carbonyl (C=O) groups is 1.